The summed E-state index contributed by atoms with van der Waals surface area (Å²) in [4.78, 5) is 35.8. The van der Waals surface area contributed by atoms with Crippen molar-refractivity contribution in [3.05, 3.63) is 78.4 Å². The van der Waals surface area contributed by atoms with Gasteiger partial charge in [0, 0.05) is 48.2 Å². The minimum Gasteiger partial charge on any atom is -0.481 e. The Morgan fingerprint density at radius 1 is 1.02 bits per heavy atom. The summed E-state index contributed by atoms with van der Waals surface area (Å²) in [7, 11) is -4.26. The van der Waals surface area contributed by atoms with Crippen LogP contribution >= 0.6 is 0 Å². The van der Waals surface area contributed by atoms with Crippen molar-refractivity contribution >= 4 is 33.5 Å². The molecule has 1 fully saturated rings. The van der Waals surface area contributed by atoms with Crippen molar-refractivity contribution in [2.24, 2.45) is 5.41 Å². The molecule has 0 saturated carbocycles. The molecule has 224 valence electrons. The molecule has 1 aliphatic heterocycles. The number of hydrogen-bond acceptors (Lipinski definition) is 8. The Morgan fingerprint density at radius 2 is 1.67 bits per heavy atom. The number of amides is 1. The highest BCUT2D eigenvalue weighted by Gasteiger charge is 2.48. The molecule has 1 unspecified atom stereocenters. The predicted octanol–water partition coefficient (Wildman–Crippen LogP) is 3.62. The van der Waals surface area contributed by atoms with Crippen molar-refractivity contribution in [2.75, 3.05) is 23.3 Å². The summed E-state index contributed by atoms with van der Waals surface area (Å²) in [5.74, 6) is -2.27. The first kappa shape index (κ1) is 30.8. The van der Waals surface area contributed by atoms with E-state index in [2.05, 4.69) is 25.3 Å². The average Bonchev–Trinajstić information content (AvgIpc) is 2.93. The van der Waals surface area contributed by atoms with Crippen LogP contribution in [0.3, 0.4) is 0 Å². The molecule has 0 bridgehead atoms. The number of sulfonamides is 1. The topological polar surface area (TPSA) is 154 Å². The van der Waals surface area contributed by atoms with Gasteiger partial charge in [0.15, 0.2) is 0 Å². The van der Waals surface area contributed by atoms with Crippen LogP contribution in [0.25, 0.3) is 0 Å². The number of rotatable bonds is 10. The largest absolute Gasteiger partial charge is 0.481 e. The van der Waals surface area contributed by atoms with Gasteiger partial charge in [-0.15, -0.1) is 0 Å². The number of benzene rings is 2. The third-order valence-corrected chi connectivity index (χ3v) is 8.80. The van der Waals surface area contributed by atoms with Gasteiger partial charge < -0.3 is 20.6 Å². The molecule has 0 radical (unpaired) electrons. The second kappa shape index (κ2) is 12.4. The summed E-state index contributed by atoms with van der Waals surface area (Å²) in [5.41, 5.74) is -2.66. The molecule has 3 aromatic rings. The van der Waals surface area contributed by atoms with Gasteiger partial charge in [-0.2, -0.15) is 4.72 Å². The number of nitrogens with zero attached hydrogens (tertiary/aromatic N) is 3. The van der Waals surface area contributed by atoms with Gasteiger partial charge in [-0.25, -0.2) is 22.8 Å². The van der Waals surface area contributed by atoms with Crippen LogP contribution in [0.2, 0.25) is 0 Å². The number of carboxylic acids is 1. The molecule has 1 saturated heterocycles. The van der Waals surface area contributed by atoms with E-state index in [-0.39, 0.29) is 16.5 Å². The minimum absolute atomic E-state index is 0.0687. The molecule has 13 heteroatoms. The van der Waals surface area contributed by atoms with Gasteiger partial charge in [-0.3, -0.25) is 9.59 Å². The van der Waals surface area contributed by atoms with E-state index in [9.17, 15) is 27.5 Å². The van der Waals surface area contributed by atoms with Gasteiger partial charge in [-0.05, 0) is 49.2 Å². The van der Waals surface area contributed by atoms with E-state index < -0.39 is 45.2 Å². The molecular formula is C29H35FN6O5S. The number of carboxylic acid groups (broad SMARTS) is 1. The number of anilines is 2. The Kier molecular flexibility index (Phi) is 9.12. The van der Waals surface area contributed by atoms with E-state index in [1.165, 1.54) is 36.4 Å². The summed E-state index contributed by atoms with van der Waals surface area (Å²) in [6.07, 6.45) is 4.00. The fourth-order valence-electron chi connectivity index (χ4n) is 4.82. The van der Waals surface area contributed by atoms with E-state index in [1.807, 2.05) is 4.90 Å². The van der Waals surface area contributed by atoms with Crippen molar-refractivity contribution in [1.29, 1.82) is 0 Å². The zero-order valence-corrected chi connectivity index (χ0v) is 24.5. The number of piperidine rings is 1. The SMILES string of the molecule is CC(C)(C)C(CC(=O)O)(NC(=O)c1cc(F)cc(N2CCC(Nc3ncccn3)CC2)c1)NS(=O)(=O)c1ccccc1. The second-order valence-electron chi connectivity index (χ2n) is 11.3. The Hall–Kier alpha value is -4.10. The quantitative estimate of drug-likeness (QED) is 0.256. The lowest BCUT2D eigenvalue weighted by atomic mass is 9.78. The van der Waals surface area contributed by atoms with Gasteiger partial charge >= 0.3 is 5.97 Å². The normalized spacial score (nSPS) is 16.0. The highest BCUT2D eigenvalue weighted by atomic mass is 32.2. The Morgan fingerprint density at radius 3 is 2.26 bits per heavy atom. The van der Waals surface area contributed by atoms with Crippen molar-refractivity contribution < 1.29 is 27.5 Å². The molecule has 1 aromatic heterocycles. The number of aromatic nitrogens is 2. The molecule has 2 aromatic carbocycles. The lowest BCUT2D eigenvalue weighted by Gasteiger charge is -2.44. The molecule has 11 nitrogen and oxygen atoms in total. The van der Waals surface area contributed by atoms with E-state index in [1.54, 1.807) is 45.3 Å². The van der Waals surface area contributed by atoms with Crippen LogP contribution in [0.15, 0.2) is 71.9 Å². The summed E-state index contributed by atoms with van der Waals surface area (Å²) >= 11 is 0. The molecule has 0 aliphatic carbocycles. The highest BCUT2D eigenvalue weighted by Crippen LogP contribution is 2.34. The maximum Gasteiger partial charge on any atom is 0.307 e. The minimum atomic E-state index is -4.26. The number of carbonyl (C=O) groups is 2. The van der Waals surface area contributed by atoms with E-state index in [4.69, 9.17) is 0 Å². The lowest BCUT2D eigenvalue weighted by Crippen LogP contribution is -2.68. The molecule has 1 amide bonds. The standard InChI is InChI=1S/C29H35FN6O5S/c1-28(2,3)29(19-25(37)38,35-42(40,41)24-8-5-4-6-9-24)34-26(39)20-16-21(30)18-23(17-20)36-14-10-22(11-15-36)33-27-31-12-7-13-32-27/h4-9,12-13,16-18,22,35H,10-11,14-15,19H2,1-3H3,(H,34,39)(H,37,38)(H,31,32,33). The number of nitrogens with one attached hydrogen (secondary N) is 3. The lowest BCUT2D eigenvalue weighted by molar-refractivity contribution is -0.140. The van der Waals surface area contributed by atoms with E-state index in [0.29, 0.717) is 24.7 Å². The average molecular weight is 599 g/mol. The van der Waals surface area contributed by atoms with Crippen LogP contribution in [0, 0.1) is 11.2 Å². The molecule has 1 aliphatic rings. The van der Waals surface area contributed by atoms with Gasteiger partial charge in [0.2, 0.25) is 16.0 Å². The molecule has 1 atom stereocenters. The first-order valence-electron chi connectivity index (χ1n) is 13.5. The maximum absolute atomic E-state index is 14.8. The zero-order valence-electron chi connectivity index (χ0n) is 23.7. The molecular weight excluding hydrogens is 563 g/mol. The van der Waals surface area contributed by atoms with E-state index in [0.717, 1.165) is 18.9 Å². The molecule has 0 spiro atoms. The van der Waals surface area contributed by atoms with Crippen molar-refractivity contribution in [1.82, 2.24) is 20.0 Å². The summed E-state index contributed by atoms with van der Waals surface area (Å²) in [6, 6.07) is 13.2. The number of aliphatic carboxylic acids is 1. The second-order valence-corrected chi connectivity index (χ2v) is 13.0. The monoisotopic (exact) mass is 598 g/mol. The van der Waals surface area contributed by atoms with Gasteiger partial charge in [0.05, 0.1) is 11.3 Å². The van der Waals surface area contributed by atoms with Crippen LogP contribution in [-0.4, -0.2) is 60.2 Å². The third-order valence-electron chi connectivity index (χ3n) is 7.29. The zero-order chi connectivity index (χ0) is 30.5. The molecule has 2 heterocycles. The van der Waals surface area contributed by atoms with Gasteiger partial charge in [0.25, 0.3) is 5.91 Å². The highest BCUT2D eigenvalue weighted by molar-refractivity contribution is 7.89. The Balaban J connectivity index is 1.57. The van der Waals surface area contributed by atoms with E-state index >= 15 is 0 Å². The van der Waals surface area contributed by atoms with Crippen LogP contribution in [0.5, 0.6) is 0 Å². The number of halogens is 1. The smallest absolute Gasteiger partial charge is 0.307 e. The van der Waals surface area contributed by atoms with Crippen LogP contribution in [0.1, 0.15) is 50.4 Å². The summed E-state index contributed by atoms with van der Waals surface area (Å²) in [6.45, 7) is 5.99. The predicted molar refractivity (Wildman–Crippen MR) is 156 cm³/mol. The molecule has 4 rings (SSSR count). The number of carbonyl (C=O) groups excluding carboxylic acids is 1. The Labute approximate surface area is 244 Å². The van der Waals surface area contributed by atoms with Crippen molar-refractivity contribution in [3.63, 3.8) is 0 Å². The van der Waals surface area contributed by atoms with Crippen LogP contribution in [0.4, 0.5) is 16.0 Å². The van der Waals surface area contributed by atoms with Gasteiger partial charge in [-0.1, -0.05) is 39.0 Å². The van der Waals surface area contributed by atoms with Crippen molar-refractivity contribution in [3.8, 4) is 0 Å². The molecule has 4 N–H and O–H groups in total. The fourth-order valence-corrected chi connectivity index (χ4v) is 6.34. The summed E-state index contributed by atoms with van der Waals surface area (Å²) in [5, 5.41) is 15.7. The Bertz CT molecular complexity index is 1510. The fraction of sp³-hybridized carbons (Fsp3) is 0.379. The molecule has 42 heavy (non-hydrogen) atoms. The first-order valence-corrected chi connectivity index (χ1v) is 15.0. The van der Waals surface area contributed by atoms with Crippen LogP contribution < -0.4 is 20.3 Å². The summed E-state index contributed by atoms with van der Waals surface area (Å²) < 4.78 is 43.9. The van der Waals surface area contributed by atoms with Gasteiger partial charge in [0.1, 0.15) is 11.5 Å². The third kappa shape index (κ3) is 7.39. The van der Waals surface area contributed by atoms with Crippen LogP contribution in [-0.2, 0) is 14.8 Å². The van der Waals surface area contributed by atoms with Crippen molar-refractivity contribution in [2.45, 2.75) is 56.6 Å². The first-order chi connectivity index (χ1) is 19.8. The number of hydrogen-bond donors (Lipinski definition) is 4. The maximum atomic E-state index is 14.8.